The second-order valence-electron chi connectivity index (χ2n) is 2.71. The Kier molecular flexibility index (Phi) is 3.18. The number of ether oxygens (including phenoxy) is 1. The molecule has 0 unspecified atom stereocenters. The zero-order valence-electron chi connectivity index (χ0n) is 7.52. The summed E-state index contributed by atoms with van der Waals surface area (Å²) < 4.78 is 6.38. The lowest BCUT2D eigenvalue weighted by atomic mass is 10.3. The maximum Gasteiger partial charge on any atom is 0.257 e. The summed E-state index contributed by atoms with van der Waals surface area (Å²) in [5, 5.41) is 0.248. The molecule has 0 aliphatic heterocycles. The van der Waals surface area contributed by atoms with Gasteiger partial charge in [-0.2, -0.15) is 0 Å². The fourth-order valence-corrected chi connectivity index (χ4v) is 1.54. The quantitative estimate of drug-likeness (QED) is 0.844. The normalized spacial score (nSPS) is 10.0. The Morgan fingerprint density at radius 3 is 2.73 bits per heavy atom. The van der Waals surface area contributed by atoms with Crippen molar-refractivity contribution in [3.8, 4) is 11.6 Å². The van der Waals surface area contributed by atoms with E-state index in [0.717, 1.165) is 4.47 Å². The molecule has 0 radical (unpaired) electrons. The highest BCUT2D eigenvalue weighted by Gasteiger charge is 2.04. The molecular weight excluding hydrogens is 279 g/mol. The summed E-state index contributed by atoms with van der Waals surface area (Å²) in [7, 11) is 0. The van der Waals surface area contributed by atoms with Crippen LogP contribution in [0, 0.1) is 0 Å². The van der Waals surface area contributed by atoms with Gasteiger partial charge in [0, 0.05) is 16.9 Å². The molecule has 76 valence electrons. The van der Waals surface area contributed by atoms with Gasteiger partial charge in [0.05, 0.1) is 0 Å². The first-order valence-corrected chi connectivity index (χ1v) is 5.33. The maximum absolute atomic E-state index is 5.80. The molecule has 3 nitrogen and oxygen atoms in total. The highest BCUT2D eigenvalue weighted by atomic mass is 79.9. The molecular formula is C10H6BrClN2O. The second-order valence-corrected chi connectivity index (χ2v) is 3.99. The van der Waals surface area contributed by atoms with Crippen LogP contribution in [0.15, 0.2) is 41.1 Å². The van der Waals surface area contributed by atoms with Crippen LogP contribution in [0.25, 0.3) is 0 Å². The van der Waals surface area contributed by atoms with E-state index in [0.29, 0.717) is 11.6 Å². The van der Waals surface area contributed by atoms with Crippen LogP contribution in [-0.4, -0.2) is 9.97 Å². The van der Waals surface area contributed by atoms with Gasteiger partial charge in [0.15, 0.2) is 5.15 Å². The van der Waals surface area contributed by atoms with Crippen molar-refractivity contribution in [3.05, 3.63) is 46.3 Å². The lowest BCUT2D eigenvalue weighted by Crippen LogP contribution is -1.89. The predicted molar refractivity (Wildman–Crippen MR) is 61.3 cm³/mol. The van der Waals surface area contributed by atoms with Crippen molar-refractivity contribution in [2.24, 2.45) is 0 Å². The van der Waals surface area contributed by atoms with Gasteiger partial charge in [0.25, 0.3) is 5.88 Å². The molecule has 0 aliphatic carbocycles. The van der Waals surface area contributed by atoms with E-state index in [1.54, 1.807) is 0 Å². The summed E-state index contributed by atoms with van der Waals surface area (Å²) >= 11 is 9.15. The van der Waals surface area contributed by atoms with Crippen LogP contribution in [0.1, 0.15) is 0 Å². The van der Waals surface area contributed by atoms with Gasteiger partial charge in [-0.1, -0.05) is 33.6 Å². The molecule has 0 atom stereocenters. The first kappa shape index (κ1) is 10.4. The van der Waals surface area contributed by atoms with E-state index in [1.807, 2.05) is 24.3 Å². The smallest absolute Gasteiger partial charge is 0.257 e. The van der Waals surface area contributed by atoms with E-state index in [1.165, 1.54) is 12.4 Å². The van der Waals surface area contributed by atoms with E-state index in [4.69, 9.17) is 16.3 Å². The summed E-state index contributed by atoms with van der Waals surface area (Å²) in [4.78, 5) is 7.84. The second kappa shape index (κ2) is 4.59. The van der Waals surface area contributed by atoms with E-state index in [-0.39, 0.29) is 5.15 Å². The average molecular weight is 286 g/mol. The third-order valence-electron chi connectivity index (χ3n) is 1.63. The minimum atomic E-state index is 0.248. The number of hydrogen-bond acceptors (Lipinski definition) is 3. The van der Waals surface area contributed by atoms with Crippen molar-refractivity contribution in [2.75, 3.05) is 0 Å². The Bertz CT molecular complexity index is 478. The highest BCUT2D eigenvalue weighted by molar-refractivity contribution is 9.10. The number of halogens is 2. The molecule has 2 rings (SSSR count). The summed E-state index contributed by atoms with van der Waals surface area (Å²) in [6, 6.07) is 7.41. The largest absolute Gasteiger partial charge is 0.436 e. The number of benzene rings is 1. The molecule has 0 amide bonds. The van der Waals surface area contributed by atoms with Crippen molar-refractivity contribution in [1.29, 1.82) is 0 Å². The summed E-state index contributed by atoms with van der Waals surface area (Å²) in [5.41, 5.74) is 0. The minimum Gasteiger partial charge on any atom is -0.436 e. The fraction of sp³-hybridized carbons (Fsp3) is 0. The Balaban J connectivity index is 2.26. The zero-order chi connectivity index (χ0) is 10.7. The minimum absolute atomic E-state index is 0.248. The van der Waals surface area contributed by atoms with E-state index in [9.17, 15) is 0 Å². The SMILES string of the molecule is Clc1nccnc1Oc1cccc(Br)c1. The first-order valence-electron chi connectivity index (χ1n) is 4.15. The lowest BCUT2D eigenvalue weighted by molar-refractivity contribution is 0.460. The maximum atomic E-state index is 5.80. The molecule has 0 bridgehead atoms. The Labute approximate surface area is 100 Å². The van der Waals surface area contributed by atoms with Gasteiger partial charge in [0.2, 0.25) is 0 Å². The third-order valence-corrected chi connectivity index (χ3v) is 2.39. The van der Waals surface area contributed by atoms with Gasteiger partial charge in [0.1, 0.15) is 5.75 Å². The van der Waals surface area contributed by atoms with Crippen LogP contribution < -0.4 is 4.74 Å². The molecule has 0 saturated heterocycles. The molecule has 1 aromatic heterocycles. The van der Waals surface area contributed by atoms with Crippen molar-refractivity contribution >= 4 is 27.5 Å². The van der Waals surface area contributed by atoms with Crippen molar-refractivity contribution < 1.29 is 4.74 Å². The van der Waals surface area contributed by atoms with Gasteiger partial charge in [-0.15, -0.1) is 0 Å². The van der Waals surface area contributed by atoms with Crippen LogP contribution in [-0.2, 0) is 0 Å². The van der Waals surface area contributed by atoms with Crippen LogP contribution >= 0.6 is 27.5 Å². The number of aromatic nitrogens is 2. The first-order chi connectivity index (χ1) is 7.25. The summed E-state index contributed by atoms with van der Waals surface area (Å²) in [6.07, 6.45) is 3.04. The molecule has 1 aromatic carbocycles. The average Bonchev–Trinajstić information content (AvgIpc) is 2.22. The molecule has 15 heavy (non-hydrogen) atoms. The Hall–Kier alpha value is -1.13. The van der Waals surface area contributed by atoms with Crippen LogP contribution in [0.4, 0.5) is 0 Å². The summed E-state index contributed by atoms with van der Waals surface area (Å²) in [5.74, 6) is 0.962. The van der Waals surface area contributed by atoms with Crippen molar-refractivity contribution in [3.63, 3.8) is 0 Å². The molecule has 0 aliphatic rings. The Morgan fingerprint density at radius 1 is 1.20 bits per heavy atom. The lowest BCUT2D eigenvalue weighted by Gasteiger charge is -2.04. The molecule has 0 saturated carbocycles. The molecule has 0 fully saturated rings. The molecule has 5 heteroatoms. The standard InChI is InChI=1S/C10H6BrClN2O/c11-7-2-1-3-8(6-7)15-10-9(12)13-4-5-14-10/h1-6H. The monoisotopic (exact) mass is 284 g/mol. The van der Waals surface area contributed by atoms with Crippen LogP contribution in [0.5, 0.6) is 11.6 Å². The highest BCUT2D eigenvalue weighted by Crippen LogP contribution is 2.26. The molecule has 2 aromatic rings. The van der Waals surface area contributed by atoms with Gasteiger partial charge in [-0.25, -0.2) is 9.97 Å². The fourth-order valence-electron chi connectivity index (χ4n) is 1.02. The van der Waals surface area contributed by atoms with Crippen molar-refractivity contribution in [2.45, 2.75) is 0 Å². The third kappa shape index (κ3) is 2.67. The van der Waals surface area contributed by atoms with E-state index >= 15 is 0 Å². The molecule has 1 heterocycles. The van der Waals surface area contributed by atoms with E-state index in [2.05, 4.69) is 25.9 Å². The number of hydrogen-bond donors (Lipinski definition) is 0. The predicted octanol–water partition coefficient (Wildman–Crippen LogP) is 3.68. The molecule has 0 spiro atoms. The van der Waals surface area contributed by atoms with E-state index < -0.39 is 0 Å². The van der Waals surface area contributed by atoms with Crippen molar-refractivity contribution in [1.82, 2.24) is 9.97 Å². The van der Waals surface area contributed by atoms with Gasteiger partial charge in [-0.05, 0) is 18.2 Å². The summed E-state index contributed by atoms with van der Waals surface area (Å²) in [6.45, 7) is 0. The topological polar surface area (TPSA) is 35.0 Å². The number of nitrogens with zero attached hydrogens (tertiary/aromatic N) is 2. The van der Waals surface area contributed by atoms with Gasteiger partial charge in [-0.3, -0.25) is 0 Å². The zero-order valence-corrected chi connectivity index (χ0v) is 9.86. The van der Waals surface area contributed by atoms with Gasteiger partial charge < -0.3 is 4.74 Å². The Morgan fingerprint density at radius 2 is 2.00 bits per heavy atom. The van der Waals surface area contributed by atoms with Gasteiger partial charge >= 0.3 is 0 Å². The number of rotatable bonds is 2. The molecule has 0 N–H and O–H groups in total. The van der Waals surface area contributed by atoms with Crippen LogP contribution in [0.3, 0.4) is 0 Å². The van der Waals surface area contributed by atoms with Crippen LogP contribution in [0.2, 0.25) is 5.15 Å².